The second-order valence-corrected chi connectivity index (χ2v) is 4.27. The van der Waals surface area contributed by atoms with Crippen molar-refractivity contribution in [2.75, 3.05) is 11.9 Å². The lowest BCUT2D eigenvalue weighted by Crippen LogP contribution is -2.36. The van der Waals surface area contributed by atoms with Gasteiger partial charge in [-0.1, -0.05) is 18.2 Å². The number of likely N-dealkylation sites (N-methyl/N-ethyl adjacent to an activating group) is 1. The van der Waals surface area contributed by atoms with E-state index in [-0.39, 0.29) is 0 Å². The number of aliphatic carboxylic acids is 1. The molecule has 0 aliphatic rings. The Hall–Kier alpha value is -1.97. The standard InChI is InChI=1S/C13H16N2O2/c1-8-12(15(3)9(2)13(16)17)10-6-4-5-7-11(10)14-8/h4-7,9,14H,1-3H3,(H,16,17). The van der Waals surface area contributed by atoms with Crippen LogP contribution in [0.3, 0.4) is 0 Å². The van der Waals surface area contributed by atoms with Crippen LogP contribution in [0.1, 0.15) is 12.6 Å². The number of carboxylic acids is 1. The molecule has 1 aromatic heterocycles. The molecule has 1 heterocycles. The van der Waals surface area contributed by atoms with Gasteiger partial charge in [0.1, 0.15) is 6.04 Å². The predicted octanol–water partition coefficient (Wildman–Crippen LogP) is 2.39. The molecule has 2 aromatic rings. The topological polar surface area (TPSA) is 56.3 Å². The van der Waals surface area contributed by atoms with Crippen molar-refractivity contribution in [3.05, 3.63) is 30.0 Å². The Kier molecular flexibility index (Phi) is 2.79. The number of fused-ring (bicyclic) bond motifs is 1. The van der Waals surface area contributed by atoms with Gasteiger partial charge in [0.15, 0.2) is 0 Å². The molecular weight excluding hydrogens is 216 g/mol. The van der Waals surface area contributed by atoms with Gasteiger partial charge in [0.2, 0.25) is 0 Å². The molecular formula is C13H16N2O2. The molecule has 17 heavy (non-hydrogen) atoms. The fourth-order valence-corrected chi connectivity index (χ4v) is 2.08. The number of nitrogens with one attached hydrogen (secondary N) is 1. The molecule has 4 heteroatoms. The van der Waals surface area contributed by atoms with Gasteiger partial charge in [0.25, 0.3) is 0 Å². The zero-order valence-corrected chi connectivity index (χ0v) is 10.2. The van der Waals surface area contributed by atoms with E-state index in [4.69, 9.17) is 5.11 Å². The highest BCUT2D eigenvalue weighted by Gasteiger charge is 2.21. The third kappa shape index (κ3) is 1.86. The molecule has 1 aromatic carbocycles. The van der Waals surface area contributed by atoms with Crippen molar-refractivity contribution < 1.29 is 9.90 Å². The van der Waals surface area contributed by atoms with Gasteiger partial charge in [-0.15, -0.1) is 0 Å². The quantitative estimate of drug-likeness (QED) is 0.854. The second kappa shape index (κ2) is 4.13. The number of aryl methyl sites for hydroxylation is 1. The largest absolute Gasteiger partial charge is 0.480 e. The van der Waals surface area contributed by atoms with Gasteiger partial charge in [-0.05, 0) is 19.9 Å². The summed E-state index contributed by atoms with van der Waals surface area (Å²) in [5.74, 6) is -0.822. The van der Waals surface area contributed by atoms with E-state index < -0.39 is 12.0 Å². The fourth-order valence-electron chi connectivity index (χ4n) is 2.08. The van der Waals surface area contributed by atoms with E-state index in [0.29, 0.717) is 0 Å². The highest BCUT2D eigenvalue weighted by Crippen LogP contribution is 2.30. The van der Waals surface area contributed by atoms with E-state index in [1.807, 2.05) is 31.2 Å². The molecule has 90 valence electrons. The van der Waals surface area contributed by atoms with Crippen molar-refractivity contribution >= 4 is 22.6 Å². The Balaban J connectivity index is 2.54. The molecule has 0 spiro atoms. The lowest BCUT2D eigenvalue weighted by Gasteiger charge is -2.24. The Labute approximate surface area is 99.9 Å². The number of rotatable bonds is 3. The first-order chi connectivity index (χ1) is 8.02. The Morgan fingerprint density at radius 2 is 2.06 bits per heavy atom. The smallest absolute Gasteiger partial charge is 0.326 e. The molecule has 4 nitrogen and oxygen atoms in total. The minimum atomic E-state index is -0.822. The van der Waals surface area contributed by atoms with Crippen LogP contribution >= 0.6 is 0 Å². The first kappa shape index (κ1) is 11.5. The number of hydrogen-bond donors (Lipinski definition) is 2. The lowest BCUT2D eigenvalue weighted by molar-refractivity contribution is -0.138. The van der Waals surface area contributed by atoms with Crippen LogP contribution in [0.25, 0.3) is 10.9 Å². The highest BCUT2D eigenvalue weighted by atomic mass is 16.4. The average Bonchev–Trinajstić information content (AvgIpc) is 2.62. The summed E-state index contributed by atoms with van der Waals surface area (Å²) in [6.45, 7) is 3.64. The van der Waals surface area contributed by atoms with Gasteiger partial charge < -0.3 is 15.0 Å². The normalized spacial score (nSPS) is 12.6. The van der Waals surface area contributed by atoms with Crippen LogP contribution in [0.5, 0.6) is 0 Å². The monoisotopic (exact) mass is 232 g/mol. The first-order valence-electron chi connectivity index (χ1n) is 5.55. The highest BCUT2D eigenvalue weighted by molar-refractivity contribution is 5.96. The Morgan fingerprint density at radius 1 is 1.41 bits per heavy atom. The van der Waals surface area contributed by atoms with Crippen LogP contribution in [-0.2, 0) is 4.79 Å². The van der Waals surface area contributed by atoms with E-state index in [1.165, 1.54) is 0 Å². The number of aromatic nitrogens is 1. The first-order valence-corrected chi connectivity index (χ1v) is 5.55. The molecule has 2 rings (SSSR count). The SMILES string of the molecule is Cc1[nH]c2ccccc2c1N(C)C(C)C(=O)O. The molecule has 0 fully saturated rings. The van der Waals surface area contributed by atoms with E-state index in [2.05, 4.69) is 4.98 Å². The van der Waals surface area contributed by atoms with E-state index in [1.54, 1.807) is 18.9 Å². The number of anilines is 1. The molecule has 0 amide bonds. The maximum atomic E-state index is 11.0. The van der Waals surface area contributed by atoms with Crippen LogP contribution in [-0.4, -0.2) is 29.1 Å². The van der Waals surface area contributed by atoms with Crippen molar-refractivity contribution in [3.63, 3.8) is 0 Å². The molecule has 1 atom stereocenters. The summed E-state index contributed by atoms with van der Waals surface area (Å²) in [7, 11) is 1.81. The molecule has 0 radical (unpaired) electrons. The summed E-state index contributed by atoms with van der Waals surface area (Å²) in [5.41, 5.74) is 2.97. The molecule has 0 bridgehead atoms. The minimum absolute atomic E-state index is 0.548. The summed E-state index contributed by atoms with van der Waals surface area (Å²) in [6.07, 6.45) is 0. The number of nitrogens with zero attached hydrogens (tertiary/aromatic N) is 1. The molecule has 0 saturated carbocycles. The summed E-state index contributed by atoms with van der Waals surface area (Å²) < 4.78 is 0. The van der Waals surface area contributed by atoms with Crippen molar-refractivity contribution in [2.45, 2.75) is 19.9 Å². The molecule has 2 N–H and O–H groups in total. The van der Waals surface area contributed by atoms with Gasteiger partial charge in [0.05, 0.1) is 5.69 Å². The van der Waals surface area contributed by atoms with Gasteiger partial charge in [-0.2, -0.15) is 0 Å². The summed E-state index contributed by atoms with van der Waals surface area (Å²) in [4.78, 5) is 16.1. The summed E-state index contributed by atoms with van der Waals surface area (Å²) in [6, 6.07) is 7.36. The van der Waals surface area contributed by atoms with Gasteiger partial charge in [-0.3, -0.25) is 0 Å². The van der Waals surface area contributed by atoms with Crippen molar-refractivity contribution in [1.29, 1.82) is 0 Å². The van der Waals surface area contributed by atoms with E-state index >= 15 is 0 Å². The predicted molar refractivity (Wildman–Crippen MR) is 68.5 cm³/mol. The van der Waals surface area contributed by atoms with Crippen LogP contribution in [0.2, 0.25) is 0 Å². The number of para-hydroxylation sites is 1. The van der Waals surface area contributed by atoms with E-state index in [0.717, 1.165) is 22.3 Å². The average molecular weight is 232 g/mol. The molecule has 0 saturated heterocycles. The second-order valence-electron chi connectivity index (χ2n) is 4.27. The molecule has 0 aliphatic heterocycles. The maximum Gasteiger partial charge on any atom is 0.326 e. The molecule has 1 unspecified atom stereocenters. The number of carboxylic acid groups (broad SMARTS) is 1. The zero-order valence-electron chi connectivity index (χ0n) is 10.2. The number of hydrogen-bond acceptors (Lipinski definition) is 2. The van der Waals surface area contributed by atoms with Gasteiger partial charge in [0, 0.05) is 23.6 Å². The Morgan fingerprint density at radius 3 is 2.71 bits per heavy atom. The maximum absolute atomic E-state index is 11.0. The van der Waals surface area contributed by atoms with Gasteiger partial charge >= 0.3 is 5.97 Å². The number of H-pyrrole nitrogens is 1. The van der Waals surface area contributed by atoms with Crippen LogP contribution in [0.4, 0.5) is 5.69 Å². The third-order valence-corrected chi connectivity index (χ3v) is 3.15. The number of benzene rings is 1. The minimum Gasteiger partial charge on any atom is -0.480 e. The van der Waals surface area contributed by atoms with Crippen LogP contribution in [0.15, 0.2) is 24.3 Å². The van der Waals surface area contributed by atoms with Crippen molar-refractivity contribution in [2.24, 2.45) is 0 Å². The summed E-state index contributed by atoms with van der Waals surface area (Å²) in [5, 5.41) is 10.1. The number of aromatic amines is 1. The number of carbonyl (C=O) groups is 1. The van der Waals surface area contributed by atoms with Crippen molar-refractivity contribution in [3.8, 4) is 0 Å². The van der Waals surface area contributed by atoms with E-state index in [9.17, 15) is 4.79 Å². The van der Waals surface area contributed by atoms with Crippen molar-refractivity contribution in [1.82, 2.24) is 4.98 Å². The lowest BCUT2D eigenvalue weighted by atomic mass is 10.2. The van der Waals surface area contributed by atoms with Crippen LogP contribution in [0, 0.1) is 6.92 Å². The van der Waals surface area contributed by atoms with Crippen LogP contribution < -0.4 is 4.90 Å². The Bertz CT molecular complexity index is 560. The fraction of sp³-hybridized carbons (Fsp3) is 0.308. The third-order valence-electron chi connectivity index (χ3n) is 3.15. The van der Waals surface area contributed by atoms with Gasteiger partial charge in [-0.25, -0.2) is 4.79 Å². The summed E-state index contributed by atoms with van der Waals surface area (Å²) >= 11 is 0. The zero-order chi connectivity index (χ0) is 12.6. The molecule has 0 aliphatic carbocycles.